The van der Waals surface area contributed by atoms with Gasteiger partial charge in [0, 0.05) is 0 Å². The molecule has 0 N–H and O–H groups in total. The van der Waals surface area contributed by atoms with Crippen LogP contribution in [0.25, 0.3) is 0 Å². The number of carbonyl (C=O) groups excluding carboxylic acids is 1. The van der Waals surface area contributed by atoms with Crippen molar-refractivity contribution in [3.63, 3.8) is 0 Å². The first-order valence-electron chi connectivity index (χ1n) is 8.37. The predicted molar refractivity (Wildman–Crippen MR) is 106 cm³/mol. The Morgan fingerprint density at radius 1 is 0.760 bits per heavy atom. The van der Waals surface area contributed by atoms with Crippen molar-refractivity contribution in [2.45, 2.75) is 20.0 Å². The summed E-state index contributed by atoms with van der Waals surface area (Å²) in [7, 11) is -0.825. The Morgan fingerprint density at radius 2 is 1.24 bits per heavy atom. The summed E-state index contributed by atoms with van der Waals surface area (Å²) in [5.41, 5.74) is 0.648. The molecule has 3 heteroatoms. The fraction of sp³-hybridized carbons (Fsp3) is 0.136. The zero-order valence-corrected chi connectivity index (χ0v) is 15.3. The Bertz CT molecular complexity index is 789. The number of benzene rings is 3. The lowest BCUT2D eigenvalue weighted by atomic mass is 10.2. The van der Waals surface area contributed by atoms with Crippen molar-refractivity contribution in [2.24, 2.45) is 0 Å². The molecular formula is C22H21O2P. The van der Waals surface area contributed by atoms with E-state index in [1.807, 2.05) is 74.5 Å². The van der Waals surface area contributed by atoms with Gasteiger partial charge in [0.2, 0.25) is 0 Å². The van der Waals surface area contributed by atoms with Gasteiger partial charge in [-0.25, -0.2) is 4.79 Å². The van der Waals surface area contributed by atoms with E-state index in [0.29, 0.717) is 5.56 Å². The molecule has 0 radical (unpaired) electrons. The SMILES string of the molecule is CC(C)OC(=O)c1ccccc1P(c1ccccc1)c1ccccc1. The maximum atomic E-state index is 12.6. The topological polar surface area (TPSA) is 26.3 Å². The number of esters is 1. The molecule has 0 aliphatic rings. The van der Waals surface area contributed by atoms with Gasteiger partial charge in [0.15, 0.2) is 0 Å². The predicted octanol–water partition coefficient (Wildman–Crippen LogP) is 4.01. The van der Waals surface area contributed by atoms with E-state index < -0.39 is 7.92 Å². The van der Waals surface area contributed by atoms with E-state index in [2.05, 4.69) is 24.3 Å². The van der Waals surface area contributed by atoms with Crippen LogP contribution >= 0.6 is 7.92 Å². The Morgan fingerprint density at radius 3 is 1.76 bits per heavy atom. The fourth-order valence-electron chi connectivity index (χ4n) is 2.70. The van der Waals surface area contributed by atoms with Gasteiger partial charge in [-0.1, -0.05) is 78.9 Å². The Labute approximate surface area is 150 Å². The minimum Gasteiger partial charge on any atom is -0.459 e. The Balaban J connectivity index is 2.14. The highest BCUT2D eigenvalue weighted by Crippen LogP contribution is 2.34. The molecule has 0 aliphatic heterocycles. The van der Waals surface area contributed by atoms with E-state index in [0.717, 1.165) is 5.30 Å². The maximum Gasteiger partial charge on any atom is 0.339 e. The monoisotopic (exact) mass is 348 g/mol. The number of hydrogen-bond donors (Lipinski definition) is 0. The van der Waals surface area contributed by atoms with Crippen molar-refractivity contribution in [3.05, 3.63) is 90.5 Å². The minimum atomic E-state index is -0.825. The van der Waals surface area contributed by atoms with Crippen molar-refractivity contribution in [2.75, 3.05) is 0 Å². The highest BCUT2D eigenvalue weighted by atomic mass is 31.1. The second kappa shape index (κ2) is 8.09. The van der Waals surface area contributed by atoms with Gasteiger partial charge in [0.25, 0.3) is 0 Å². The standard InChI is InChI=1S/C22H21O2P/c1-17(2)24-22(23)20-15-9-10-16-21(20)25(18-11-5-3-6-12-18)19-13-7-4-8-14-19/h3-17H,1-2H3. The van der Waals surface area contributed by atoms with Gasteiger partial charge >= 0.3 is 5.97 Å². The zero-order valence-electron chi connectivity index (χ0n) is 14.4. The highest BCUT2D eigenvalue weighted by Gasteiger charge is 2.23. The second-order valence-electron chi connectivity index (χ2n) is 5.98. The molecule has 0 spiro atoms. The summed E-state index contributed by atoms with van der Waals surface area (Å²) in [4.78, 5) is 12.6. The lowest BCUT2D eigenvalue weighted by molar-refractivity contribution is 0.0379. The molecule has 0 saturated carbocycles. The third-order valence-electron chi connectivity index (χ3n) is 3.74. The lowest BCUT2D eigenvalue weighted by Crippen LogP contribution is -2.26. The molecule has 25 heavy (non-hydrogen) atoms. The van der Waals surface area contributed by atoms with E-state index in [4.69, 9.17) is 4.74 Å². The molecule has 126 valence electrons. The first kappa shape index (κ1) is 17.4. The third-order valence-corrected chi connectivity index (χ3v) is 6.24. The van der Waals surface area contributed by atoms with Crippen molar-refractivity contribution >= 4 is 29.8 Å². The van der Waals surface area contributed by atoms with Crippen molar-refractivity contribution in [1.82, 2.24) is 0 Å². The first-order valence-corrected chi connectivity index (χ1v) is 9.71. The van der Waals surface area contributed by atoms with E-state index in [1.165, 1.54) is 10.6 Å². The van der Waals surface area contributed by atoms with Crippen LogP contribution in [0.1, 0.15) is 24.2 Å². The Kier molecular flexibility index (Phi) is 5.63. The normalized spacial score (nSPS) is 10.9. The molecule has 0 aliphatic carbocycles. The number of ether oxygens (including phenoxy) is 1. The van der Waals surface area contributed by atoms with Gasteiger partial charge in [0.1, 0.15) is 0 Å². The summed E-state index contributed by atoms with van der Waals surface area (Å²) in [6, 6.07) is 28.5. The molecule has 0 amide bonds. The van der Waals surface area contributed by atoms with Crippen LogP contribution < -0.4 is 15.9 Å². The maximum absolute atomic E-state index is 12.6. The van der Waals surface area contributed by atoms with Crippen LogP contribution in [0.2, 0.25) is 0 Å². The summed E-state index contributed by atoms with van der Waals surface area (Å²) < 4.78 is 5.47. The molecule has 0 fully saturated rings. The van der Waals surface area contributed by atoms with Crippen molar-refractivity contribution in [3.8, 4) is 0 Å². The van der Waals surface area contributed by atoms with Crippen LogP contribution in [0.5, 0.6) is 0 Å². The number of hydrogen-bond acceptors (Lipinski definition) is 2. The van der Waals surface area contributed by atoms with Gasteiger partial charge in [-0.3, -0.25) is 0 Å². The number of carbonyl (C=O) groups is 1. The molecule has 0 heterocycles. The summed E-state index contributed by atoms with van der Waals surface area (Å²) in [5.74, 6) is -0.259. The van der Waals surface area contributed by atoms with Crippen molar-refractivity contribution < 1.29 is 9.53 Å². The van der Waals surface area contributed by atoms with Gasteiger partial charge in [0.05, 0.1) is 11.7 Å². The molecule has 0 bridgehead atoms. The molecule has 3 aromatic rings. The van der Waals surface area contributed by atoms with Crippen LogP contribution in [0.3, 0.4) is 0 Å². The molecule has 0 atom stereocenters. The van der Waals surface area contributed by atoms with Gasteiger partial charge in [-0.05, 0) is 43.7 Å². The molecule has 0 saturated heterocycles. The van der Waals surface area contributed by atoms with E-state index in [1.54, 1.807) is 0 Å². The fourth-order valence-corrected chi connectivity index (χ4v) is 5.14. The zero-order chi connectivity index (χ0) is 17.6. The first-order chi connectivity index (χ1) is 12.2. The molecule has 0 unspecified atom stereocenters. The summed E-state index contributed by atoms with van der Waals surface area (Å²) in [5, 5.41) is 3.46. The van der Waals surface area contributed by atoms with Crippen LogP contribution in [0, 0.1) is 0 Å². The van der Waals surface area contributed by atoms with Crippen LogP contribution in [-0.4, -0.2) is 12.1 Å². The highest BCUT2D eigenvalue weighted by molar-refractivity contribution is 7.80. The number of rotatable bonds is 5. The van der Waals surface area contributed by atoms with E-state index >= 15 is 0 Å². The van der Waals surface area contributed by atoms with Crippen LogP contribution in [0.4, 0.5) is 0 Å². The van der Waals surface area contributed by atoms with Crippen LogP contribution in [0.15, 0.2) is 84.9 Å². The van der Waals surface area contributed by atoms with E-state index in [-0.39, 0.29) is 12.1 Å². The summed E-state index contributed by atoms with van der Waals surface area (Å²) >= 11 is 0. The summed E-state index contributed by atoms with van der Waals surface area (Å²) in [6.07, 6.45) is -0.139. The average Bonchev–Trinajstić information content (AvgIpc) is 2.64. The average molecular weight is 348 g/mol. The quantitative estimate of drug-likeness (QED) is 0.514. The van der Waals surface area contributed by atoms with Gasteiger partial charge in [-0.2, -0.15) is 0 Å². The van der Waals surface area contributed by atoms with E-state index in [9.17, 15) is 4.79 Å². The smallest absolute Gasteiger partial charge is 0.339 e. The van der Waals surface area contributed by atoms with Crippen LogP contribution in [-0.2, 0) is 4.74 Å². The molecule has 3 aromatic carbocycles. The summed E-state index contributed by atoms with van der Waals surface area (Å²) in [6.45, 7) is 3.75. The second-order valence-corrected chi connectivity index (χ2v) is 8.16. The lowest BCUT2D eigenvalue weighted by Gasteiger charge is -2.22. The largest absolute Gasteiger partial charge is 0.459 e. The molecular weight excluding hydrogens is 327 g/mol. The van der Waals surface area contributed by atoms with Gasteiger partial charge in [-0.15, -0.1) is 0 Å². The molecule has 0 aromatic heterocycles. The molecule has 3 rings (SSSR count). The Hall–Kier alpha value is -2.44. The van der Waals surface area contributed by atoms with Gasteiger partial charge < -0.3 is 4.74 Å². The molecule has 2 nitrogen and oxygen atoms in total. The third kappa shape index (κ3) is 4.15. The van der Waals surface area contributed by atoms with Crippen molar-refractivity contribution in [1.29, 1.82) is 0 Å². The minimum absolute atomic E-state index is 0.139.